The Morgan fingerprint density at radius 3 is 2.38 bits per heavy atom. The molecule has 5 nitrogen and oxygen atoms in total. The quantitative estimate of drug-likeness (QED) is 0.621. The fraction of sp³-hybridized carbons (Fsp3) is 0.417. The summed E-state index contributed by atoms with van der Waals surface area (Å²) < 4.78 is 44.0. The van der Waals surface area contributed by atoms with Crippen molar-refractivity contribution in [3.63, 3.8) is 0 Å². The summed E-state index contributed by atoms with van der Waals surface area (Å²) in [6, 6.07) is 13.6. The number of nitrogens with zero attached hydrogens (tertiary/aromatic N) is 2. The zero-order valence-electron chi connectivity index (χ0n) is 18.0. The lowest BCUT2D eigenvalue weighted by Crippen LogP contribution is -2.50. The van der Waals surface area contributed by atoms with E-state index in [4.69, 9.17) is 4.74 Å². The van der Waals surface area contributed by atoms with Crippen molar-refractivity contribution in [1.82, 2.24) is 9.80 Å². The van der Waals surface area contributed by atoms with Crippen molar-refractivity contribution >= 4 is 11.8 Å². The van der Waals surface area contributed by atoms with Gasteiger partial charge >= 0.3 is 6.18 Å². The molecule has 1 heterocycles. The van der Waals surface area contributed by atoms with Crippen LogP contribution in [0.4, 0.5) is 13.2 Å². The summed E-state index contributed by atoms with van der Waals surface area (Å²) in [4.78, 5) is 29.0. The average molecular weight is 448 g/mol. The van der Waals surface area contributed by atoms with Crippen LogP contribution in [0.3, 0.4) is 0 Å². The van der Waals surface area contributed by atoms with Gasteiger partial charge in [-0.05, 0) is 49.6 Å². The lowest BCUT2D eigenvalue weighted by Gasteiger charge is -2.38. The Labute approximate surface area is 185 Å². The number of amides is 2. The Kier molecular flexibility index (Phi) is 7.77. The maximum Gasteiger partial charge on any atom is 0.416 e. The van der Waals surface area contributed by atoms with Crippen molar-refractivity contribution in [3.05, 3.63) is 65.7 Å². The molecule has 1 aliphatic heterocycles. The van der Waals surface area contributed by atoms with Gasteiger partial charge in [0.25, 0.3) is 11.8 Å². The van der Waals surface area contributed by atoms with Crippen molar-refractivity contribution in [3.8, 4) is 5.75 Å². The molecular formula is C24H27F3N2O3. The number of piperidine rings is 1. The van der Waals surface area contributed by atoms with Crippen LogP contribution < -0.4 is 4.74 Å². The molecule has 0 aromatic heterocycles. The van der Waals surface area contributed by atoms with Crippen LogP contribution in [0, 0.1) is 0 Å². The normalized spacial score (nSPS) is 14.8. The Bertz CT molecular complexity index is 910. The fourth-order valence-electron chi connectivity index (χ4n) is 3.89. The fourth-order valence-corrected chi connectivity index (χ4v) is 3.89. The smallest absolute Gasteiger partial charge is 0.416 e. The minimum atomic E-state index is -4.47. The molecule has 3 rings (SSSR count). The number of carbonyl (C=O) groups excluding carboxylic acids is 2. The van der Waals surface area contributed by atoms with Gasteiger partial charge in [-0.25, -0.2) is 0 Å². The Hall–Kier alpha value is -3.03. The average Bonchev–Trinajstić information content (AvgIpc) is 2.81. The highest BCUT2D eigenvalue weighted by Gasteiger charge is 2.31. The minimum Gasteiger partial charge on any atom is -0.484 e. The molecule has 1 aliphatic rings. The Morgan fingerprint density at radius 2 is 1.75 bits per heavy atom. The molecule has 32 heavy (non-hydrogen) atoms. The Morgan fingerprint density at radius 1 is 1.06 bits per heavy atom. The number of carbonyl (C=O) groups is 2. The molecule has 2 aromatic carbocycles. The molecule has 0 aliphatic carbocycles. The number of ether oxygens (including phenoxy) is 1. The number of rotatable bonds is 7. The highest BCUT2D eigenvalue weighted by Crippen LogP contribution is 2.31. The second kappa shape index (κ2) is 10.5. The minimum absolute atomic E-state index is 0.00732. The first-order valence-electron chi connectivity index (χ1n) is 10.7. The van der Waals surface area contributed by atoms with E-state index in [2.05, 4.69) is 0 Å². The zero-order chi connectivity index (χ0) is 23.1. The van der Waals surface area contributed by atoms with Gasteiger partial charge in [0.15, 0.2) is 6.61 Å². The Balaban J connectivity index is 1.57. The second-order valence-corrected chi connectivity index (χ2v) is 7.79. The van der Waals surface area contributed by atoms with Crippen molar-refractivity contribution in [2.75, 3.05) is 26.2 Å². The van der Waals surface area contributed by atoms with E-state index in [-0.39, 0.29) is 30.2 Å². The van der Waals surface area contributed by atoms with Crippen LogP contribution in [-0.2, 0) is 11.0 Å². The first-order chi connectivity index (χ1) is 15.3. The molecule has 0 unspecified atom stereocenters. The molecule has 1 fully saturated rings. The highest BCUT2D eigenvalue weighted by atomic mass is 19.4. The van der Waals surface area contributed by atoms with E-state index in [0.29, 0.717) is 38.0 Å². The number of hydrogen-bond acceptors (Lipinski definition) is 3. The van der Waals surface area contributed by atoms with E-state index < -0.39 is 11.7 Å². The number of likely N-dealkylation sites (tertiary alicyclic amines) is 1. The molecule has 0 N–H and O–H groups in total. The molecule has 0 saturated carbocycles. The summed E-state index contributed by atoms with van der Waals surface area (Å²) >= 11 is 0. The van der Waals surface area contributed by atoms with E-state index in [9.17, 15) is 22.8 Å². The maximum absolute atomic E-state index is 12.9. The van der Waals surface area contributed by atoms with Crippen LogP contribution in [0.25, 0.3) is 0 Å². The number of halogens is 3. The summed E-state index contributed by atoms with van der Waals surface area (Å²) in [5.41, 5.74) is -0.176. The molecule has 0 atom stereocenters. The molecule has 1 saturated heterocycles. The third-order valence-corrected chi connectivity index (χ3v) is 5.52. The van der Waals surface area contributed by atoms with Gasteiger partial charge in [-0.2, -0.15) is 13.2 Å². The van der Waals surface area contributed by atoms with Gasteiger partial charge in [0.1, 0.15) is 5.75 Å². The molecule has 2 aromatic rings. The standard InChI is InChI=1S/C24H27F3N2O3/c1-2-13-29(22(30)17-32-21-10-6-9-19(16-21)24(25,26)27)20-11-14-28(15-12-20)23(31)18-7-4-3-5-8-18/h3-10,16,20H,2,11-15,17H2,1H3. The zero-order valence-corrected chi connectivity index (χ0v) is 18.0. The molecular weight excluding hydrogens is 421 g/mol. The molecule has 0 spiro atoms. The third-order valence-electron chi connectivity index (χ3n) is 5.52. The van der Waals surface area contributed by atoms with Crippen LogP contribution in [0.2, 0.25) is 0 Å². The van der Waals surface area contributed by atoms with E-state index >= 15 is 0 Å². The third kappa shape index (κ3) is 6.02. The van der Waals surface area contributed by atoms with Gasteiger partial charge in [-0.3, -0.25) is 9.59 Å². The lowest BCUT2D eigenvalue weighted by atomic mass is 10.0. The van der Waals surface area contributed by atoms with Crippen LogP contribution in [0.15, 0.2) is 54.6 Å². The first-order valence-corrected chi connectivity index (χ1v) is 10.7. The van der Waals surface area contributed by atoms with Crippen molar-refractivity contribution < 1.29 is 27.5 Å². The van der Waals surface area contributed by atoms with Crippen LogP contribution in [0.5, 0.6) is 5.75 Å². The predicted molar refractivity (Wildman–Crippen MR) is 114 cm³/mol. The van der Waals surface area contributed by atoms with Gasteiger partial charge in [0.05, 0.1) is 5.56 Å². The summed E-state index contributed by atoms with van der Waals surface area (Å²) in [6.07, 6.45) is -2.43. The van der Waals surface area contributed by atoms with Gasteiger partial charge in [-0.15, -0.1) is 0 Å². The lowest BCUT2D eigenvalue weighted by molar-refractivity contribution is -0.137. The monoisotopic (exact) mass is 448 g/mol. The van der Waals surface area contributed by atoms with E-state index in [1.54, 1.807) is 21.9 Å². The van der Waals surface area contributed by atoms with E-state index in [1.807, 2.05) is 25.1 Å². The van der Waals surface area contributed by atoms with Crippen LogP contribution in [-0.4, -0.2) is 53.9 Å². The van der Waals surface area contributed by atoms with Crippen LogP contribution in [0.1, 0.15) is 42.1 Å². The maximum atomic E-state index is 12.9. The van der Waals surface area contributed by atoms with Crippen molar-refractivity contribution in [1.29, 1.82) is 0 Å². The highest BCUT2D eigenvalue weighted by molar-refractivity contribution is 5.94. The van der Waals surface area contributed by atoms with Crippen molar-refractivity contribution in [2.24, 2.45) is 0 Å². The number of benzene rings is 2. The topological polar surface area (TPSA) is 49.9 Å². The number of hydrogen-bond donors (Lipinski definition) is 0. The van der Waals surface area contributed by atoms with Gasteiger partial charge in [0.2, 0.25) is 0 Å². The number of alkyl halides is 3. The molecule has 2 amide bonds. The summed E-state index contributed by atoms with van der Waals surface area (Å²) in [7, 11) is 0. The first kappa shape index (κ1) is 23.6. The van der Waals surface area contributed by atoms with Crippen molar-refractivity contribution in [2.45, 2.75) is 38.4 Å². The SMILES string of the molecule is CCCN(C(=O)COc1cccc(C(F)(F)F)c1)C1CCN(C(=O)c2ccccc2)CC1. The van der Waals surface area contributed by atoms with Gasteiger partial charge in [0, 0.05) is 31.2 Å². The van der Waals surface area contributed by atoms with Crippen LogP contribution >= 0.6 is 0 Å². The predicted octanol–water partition coefficient (Wildman–Crippen LogP) is 4.63. The largest absolute Gasteiger partial charge is 0.484 e. The van der Waals surface area contributed by atoms with E-state index in [0.717, 1.165) is 18.6 Å². The molecule has 0 bridgehead atoms. The summed E-state index contributed by atoms with van der Waals surface area (Å²) in [6.45, 7) is 3.25. The summed E-state index contributed by atoms with van der Waals surface area (Å²) in [5, 5.41) is 0. The molecule has 8 heteroatoms. The van der Waals surface area contributed by atoms with Gasteiger partial charge in [-0.1, -0.05) is 31.2 Å². The van der Waals surface area contributed by atoms with E-state index in [1.165, 1.54) is 12.1 Å². The van der Waals surface area contributed by atoms with Gasteiger partial charge < -0.3 is 14.5 Å². The molecule has 172 valence electrons. The molecule has 0 radical (unpaired) electrons. The second-order valence-electron chi connectivity index (χ2n) is 7.79. The summed E-state index contributed by atoms with van der Waals surface area (Å²) in [5.74, 6) is -0.282.